The number of benzene rings is 1. The predicted molar refractivity (Wildman–Crippen MR) is 86.7 cm³/mol. The Balaban J connectivity index is 1.54. The molecule has 1 saturated carbocycles. The van der Waals surface area contributed by atoms with Crippen molar-refractivity contribution in [1.82, 2.24) is 15.5 Å². The lowest BCUT2D eigenvalue weighted by Crippen LogP contribution is -2.28. The van der Waals surface area contributed by atoms with Gasteiger partial charge in [0.1, 0.15) is 11.9 Å². The van der Waals surface area contributed by atoms with Crippen LogP contribution >= 0.6 is 0 Å². The summed E-state index contributed by atoms with van der Waals surface area (Å²) in [6, 6.07) is 6.78. The van der Waals surface area contributed by atoms with E-state index in [1.54, 1.807) is 6.07 Å². The number of amides is 1. The molecule has 0 spiro atoms. The van der Waals surface area contributed by atoms with Gasteiger partial charge in [-0.05, 0) is 18.9 Å². The number of aryl methyl sites for hydroxylation is 1. The summed E-state index contributed by atoms with van der Waals surface area (Å²) in [6.07, 6.45) is 4.87. The Kier molecular flexibility index (Phi) is 5.39. The summed E-state index contributed by atoms with van der Waals surface area (Å²) in [5.74, 6) is 0.507. The molecule has 1 heterocycles. The number of hydrogen-bond acceptors (Lipinski definition) is 5. The number of carbonyl (C=O) groups is 1. The number of halogens is 1. The Labute approximate surface area is 145 Å². The van der Waals surface area contributed by atoms with E-state index in [4.69, 9.17) is 4.42 Å². The van der Waals surface area contributed by atoms with Gasteiger partial charge in [-0.3, -0.25) is 4.79 Å². The molecule has 7 heteroatoms. The van der Waals surface area contributed by atoms with Gasteiger partial charge in [0.05, 0.1) is 6.07 Å². The number of hydrogen-bond donors (Lipinski definition) is 1. The van der Waals surface area contributed by atoms with E-state index in [1.807, 2.05) is 6.07 Å². The second-order valence-electron chi connectivity index (χ2n) is 6.17. The lowest BCUT2D eigenvalue weighted by atomic mass is 10.1. The van der Waals surface area contributed by atoms with Crippen LogP contribution in [0, 0.1) is 17.1 Å². The summed E-state index contributed by atoms with van der Waals surface area (Å²) >= 11 is 0. The van der Waals surface area contributed by atoms with E-state index in [0.29, 0.717) is 24.1 Å². The summed E-state index contributed by atoms with van der Waals surface area (Å²) in [4.78, 5) is 12.1. The van der Waals surface area contributed by atoms with Crippen molar-refractivity contribution in [3.63, 3.8) is 0 Å². The van der Waals surface area contributed by atoms with Gasteiger partial charge in [0.2, 0.25) is 17.7 Å². The SMILES string of the molecule is N#C[C@@H](NC(=O)CCc1nnc(C2CCCC2)o1)c1ccccc1F. The van der Waals surface area contributed by atoms with Gasteiger partial charge in [0.15, 0.2) is 0 Å². The van der Waals surface area contributed by atoms with Gasteiger partial charge in [-0.1, -0.05) is 31.0 Å². The second kappa shape index (κ2) is 7.88. The standard InChI is InChI=1S/C18H19FN4O2/c19-14-8-4-3-7-13(14)15(11-20)21-16(24)9-10-17-22-23-18(25-17)12-5-1-2-6-12/h3-4,7-8,12,15H,1-2,5-6,9-10H2,(H,21,24)/t15-/m1/s1. The first-order chi connectivity index (χ1) is 12.2. The molecule has 1 aromatic carbocycles. The van der Waals surface area contributed by atoms with Crippen LogP contribution in [0.25, 0.3) is 0 Å². The Morgan fingerprint density at radius 1 is 1.36 bits per heavy atom. The van der Waals surface area contributed by atoms with Crippen molar-refractivity contribution in [3.05, 3.63) is 47.4 Å². The van der Waals surface area contributed by atoms with Crippen LogP contribution in [0.4, 0.5) is 4.39 Å². The number of carbonyl (C=O) groups excluding carboxylic acids is 1. The molecule has 1 aliphatic carbocycles. The van der Waals surface area contributed by atoms with Crippen molar-refractivity contribution in [2.24, 2.45) is 0 Å². The number of rotatable bonds is 6. The van der Waals surface area contributed by atoms with E-state index >= 15 is 0 Å². The van der Waals surface area contributed by atoms with Crippen LogP contribution in [0.15, 0.2) is 28.7 Å². The molecule has 6 nitrogen and oxygen atoms in total. The molecular formula is C18H19FN4O2. The molecule has 0 unspecified atom stereocenters. The first-order valence-corrected chi connectivity index (χ1v) is 8.43. The predicted octanol–water partition coefficient (Wildman–Crippen LogP) is 3.18. The first-order valence-electron chi connectivity index (χ1n) is 8.43. The average molecular weight is 342 g/mol. The normalized spacial score (nSPS) is 15.7. The minimum Gasteiger partial charge on any atom is -0.425 e. The van der Waals surface area contributed by atoms with Gasteiger partial charge in [0.25, 0.3) is 0 Å². The van der Waals surface area contributed by atoms with Crippen LogP contribution in [0.5, 0.6) is 0 Å². The van der Waals surface area contributed by atoms with E-state index in [-0.39, 0.29) is 17.9 Å². The monoisotopic (exact) mass is 342 g/mol. The highest BCUT2D eigenvalue weighted by Crippen LogP contribution is 2.33. The van der Waals surface area contributed by atoms with Crippen LogP contribution in [0.1, 0.15) is 61.4 Å². The number of aromatic nitrogens is 2. The third-order valence-corrected chi connectivity index (χ3v) is 4.40. The zero-order valence-electron chi connectivity index (χ0n) is 13.7. The molecule has 0 bridgehead atoms. The van der Waals surface area contributed by atoms with Gasteiger partial charge < -0.3 is 9.73 Å². The molecular weight excluding hydrogens is 323 g/mol. The van der Waals surface area contributed by atoms with Crippen molar-refractivity contribution in [1.29, 1.82) is 5.26 Å². The maximum atomic E-state index is 13.7. The third kappa shape index (κ3) is 4.21. The minimum atomic E-state index is -1.02. The molecule has 1 fully saturated rings. The van der Waals surface area contributed by atoms with Gasteiger partial charge in [-0.15, -0.1) is 10.2 Å². The zero-order chi connectivity index (χ0) is 17.6. The quantitative estimate of drug-likeness (QED) is 0.870. The van der Waals surface area contributed by atoms with Gasteiger partial charge in [0, 0.05) is 24.3 Å². The lowest BCUT2D eigenvalue weighted by Gasteiger charge is -2.12. The van der Waals surface area contributed by atoms with Crippen molar-refractivity contribution < 1.29 is 13.6 Å². The van der Waals surface area contributed by atoms with E-state index in [1.165, 1.54) is 31.0 Å². The van der Waals surface area contributed by atoms with Gasteiger partial charge >= 0.3 is 0 Å². The molecule has 0 aliphatic heterocycles. The van der Waals surface area contributed by atoms with Crippen LogP contribution in [-0.2, 0) is 11.2 Å². The summed E-state index contributed by atoms with van der Waals surface area (Å²) in [5.41, 5.74) is 0.152. The second-order valence-corrected chi connectivity index (χ2v) is 6.17. The molecule has 1 aliphatic rings. The summed E-state index contributed by atoms with van der Waals surface area (Å²) in [7, 11) is 0. The maximum absolute atomic E-state index is 13.7. The number of nitrogens with one attached hydrogen (secondary N) is 1. The molecule has 1 atom stereocenters. The Morgan fingerprint density at radius 3 is 2.84 bits per heavy atom. The molecule has 130 valence electrons. The Morgan fingerprint density at radius 2 is 2.12 bits per heavy atom. The van der Waals surface area contributed by atoms with E-state index in [9.17, 15) is 14.4 Å². The Bertz CT molecular complexity index is 777. The first kappa shape index (κ1) is 17.1. The molecule has 25 heavy (non-hydrogen) atoms. The lowest BCUT2D eigenvalue weighted by molar-refractivity contribution is -0.121. The smallest absolute Gasteiger partial charge is 0.221 e. The van der Waals surface area contributed by atoms with Crippen LogP contribution < -0.4 is 5.32 Å². The van der Waals surface area contributed by atoms with Crippen molar-refractivity contribution in [3.8, 4) is 6.07 Å². The van der Waals surface area contributed by atoms with Gasteiger partial charge in [-0.2, -0.15) is 5.26 Å². The van der Waals surface area contributed by atoms with Crippen molar-refractivity contribution in [2.75, 3.05) is 0 Å². The van der Waals surface area contributed by atoms with Gasteiger partial charge in [-0.25, -0.2) is 4.39 Å². The average Bonchev–Trinajstić information content (AvgIpc) is 3.29. The molecule has 0 radical (unpaired) electrons. The highest BCUT2D eigenvalue weighted by molar-refractivity contribution is 5.77. The topological polar surface area (TPSA) is 91.8 Å². The van der Waals surface area contributed by atoms with Crippen LogP contribution in [0.3, 0.4) is 0 Å². The van der Waals surface area contributed by atoms with E-state index in [2.05, 4.69) is 15.5 Å². The largest absolute Gasteiger partial charge is 0.425 e. The highest BCUT2D eigenvalue weighted by atomic mass is 19.1. The molecule has 3 rings (SSSR count). The fraction of sp³-hybridized carbons (Fsp3) is 0.444. The minimum absolute atomic E-state index is 0.0962. The van der Waals surface area contributed by atoms with Crippen molar-refractivity contribution in [2.45, 2.75) is 50.5 Å². The van der Waals surface area contributed by atoms with Crippen LogP contribution in [0.2, 0.25) is 0 Å². The van der Waals surface area contributed by atoms with Crippen LogP contribution in [-0.4, -0.2) is 16.1 Å². The number of nitrogens with zero attached hydrogens (tertiary/aromatic N) is 3. The fourth-order valence-corrected chi connectivity index (χ4v) is 3.05. The highest BCUT2D eigenvalue weighted by Gasteiger charge is 2.23. The number of nitriles is 1. The fourth-order valence-electron chi connectivity index (χ4n) is 3.05. The summed E-state index contributed by atoms with van der Waals surface area (Å²) in [6.45, 7) is 0. The maximum Gasteiger partial charge on any atom is 0.221 e. The molecule has 1 amide bonds. The summed E-state index contributed by atoms with van der Waals surface area (Å²) in [5, 5.41) is 19.8. The molecule has 1 aromatic heterocycles. The van der Waals surface area contributed by atoms with E-state index in [0.717, 1.165) is 12.8 Å². The third-order valence-electron chi connectivity index (χ3n) is 4.40. The van der Waals surface area contributed by atoms with Crippen molar-refractivity contribution >= 4 is 5.91 Å². The zero-order valence-corrected chi connectivity index (χ0v) is 13.7. The van der Waals surface area contributed by atoms with E-state index < -0.39 is 11.9 Å². The molecule has 0 saturated heterocycles. The molecule has 2 aromatic rings. The summed E-state index contributed by atoms with van der Waals surface area (Å²) < 4.78 is 19.4. The Hall–Kier alpha value is -2.75. The molecule has 1 N–H and O–H groups in total.